The van der Waals surface area contributed by atoms with Gasteiger partial charge in [-0.15, -0.1) is 0 Å². The molecule has 9 heteroatoms. The molecule has 2 aromatic rings. The lowest BCUT2D eigenvalue weighted by atomic mass is 9.77. The molecule has 3 rings (SSSR count). The summed E-state index contributed by atoms with van der Waals surface area (Å²) in [6.07, 6.45) is -5.34. The predicted molar refractivity (Wildman–Crippen MR) is 86.1 cm³/mol. The van der Waals surface area contributed by atoms with Crippen molar-refractivity contribution in [2.24, 2.45) is 5.92 Å². The Morgan fingerprint density at radius 1 is 1.04 bits per heavy atom. The van der Waals surface area contributed by atoms with Crippen LogP contribution in [0.1, 0.15) is 22.0 Å². The van der Waals surface area contributed by atoms with Gasteiger partial charge in [0.2, 0.25) is 5.72 Å². The van der Waals surface area contributed by atoms with Crippen LogP contribution in [0.3, 0.4) is 0 Å². The van der Waals surface area contributed by atoms with Crippen LogP contribution >= 0.6 is 0 Å². The van der Waals surface area contributed by atoms with E-state index in [0.29, 0.717) is 0 Å². The molecule has 3 N–H and O–H groups in total. The van der Waals surface area contributed by atoms with Crippen LogP contribution in [-0.4, -0.2) is 28.8 Å². The van der Waals surface area contributed by atoms with Gasteiger partial charge in [0.15, 0.2) is 5.78 Å². The average Bonchev–Trinajstić information content (AvgIpc) is 2.61. The standard InChI is InChI=1S/C18H14F4N2O3/c19-12-8-6-10(7-9-12)14-13(15(25)11-4-2-1-3-5-11)17(27,18(20,21)22)24-16(26)23-14/h1-9,13-14,27H,(H2,23,24,26)/t13-,14-,17+/m1/s1. The number of hydrogen-bond donors (Lipinski definition) is 3. The number of ketones is 1. The van der Waals surface area contributed by atoms with Crippen LogP contribution in [0.25, 0.3) is 0 Å². The van der Waals surface area contributed by atoms with Gasteiger partial charge in [-0.2, -0.15) is 13.2 Å². The Hall–Kier alpha value is -2.94. The molecule has 2 aromatic carbocycles. The zero-order valence-electron chi connectivity index (χ0n) is 13.6. The van der Waals surface area contributed by atoms with Gasteiger partial charge in [-0.25, -0.2) is 9.18 Å². The van der Waals surface area contributed by atoms with Crippen molar-refractivity contribution in [2.75, 3.05) is 0 Å². The van der Waals surface area contributed by atoms with Crippen molar-refractivity contribution >= 4 is 11.8 Å². The number of halogens is 4. The fraction of sp³-hybridized carbons (Fsp3) is 0.222. The van der Waals surface area contributed by atoms with Crippen molar-refractivity contribution in [1.29, 1.82) is 0 Å². The summed E-state index contributed by atoms with van der Waals surface area (Å²) >= 11 is 0. The molecule has 0 unspecified atom stereocenters. The Morgan fingerprint density at radius 3 is 2.19 bits per heavy atom. The number of Topliss-reactive ketones (excluding diaryl/α,β-unsaturated/α-hetero) is 1. The number of urea groups is 1. The Labute approximate surface area is 151 Å². The lowest BCUT2D eigenvalue weighted by Crippen LogP contribution is -2.72. The van der Waals surface area contributed by atoms with Gasteiger partial charge in [-0.3, -0.25) is 4.79 Å². The maximum Gasteiger partial charge on any atom is 0.437 e. The molecule has 1 saturated heterocycles. The SMILES string of the molecule is O=C1N[C@H](c2ccc(F)cc2)[C@H](C(=O)c2ccccc2)[C@](O)(C(F)(F)F)N1. The van der Waals surface area contributed by atoms with Crippen LogP contribution in [0.2, 0.25) is 0 Å². The van der Waals surface area contributed by atoms with Gasteiger partial charge in [0, 0.05) is 5.56 Å². The van der Waals surface area contributed by atoms with E-state index in [1.165, 1.54) is 29.6 Å². The first-order chi connectivity index (χ1) is 12.6. The number of nitrogens with one attached hydrogen (secondary N) is 2. The summed E-state index contributed by atoms with van der Waals surface area (Å²) in [6.45, 7) is 0. The summed E-state index contributed by atoms with van der Waals surface area (Å²) in [5, 5.41) is 14.0. The number of carbonyl (C=O) groups is 2. The van der Waals surface area contributed by atoms with E-state index in [1.54, 1.807) is 6.07 Å². The van der Waals surface area contributed by atoms with Crippen molar-refractivity contribution in [3.05, 3.63) is 71.5 Å². The minimum Gasteiger partial charge on any atom is -0.363 e. The van der Waals surface area contributed by atoms with E-state index in [9.17, 15) is 32.3 Å². The smallest absolute Gasteiger partial charge is 0.363 e. The van der Waals surface area contributed by atoms with E-state index < -0.39 is 41.5 Å². The average molecular weight is 382 g/mol. The van der Waals surface area contributed by atoms with E-state index in [1.807, 2.05) is 0 Å². The van der Waals surface area contributed by atoms with Crippen molar-refractivity contribution < 1.29 is 32.3 Å². The van der Waals surface area contributed by atoms with Gasteiger partial charge >= 0.3 is 12.2 Å². The molecule has 0 aromatic heterocycles. The van der Waals surface area contributed by atoms with Gasteiger partial charge in [-0.1, -0.05) is 42.5 Å². The lowest BCUT2D eigenvalue weighted by Gasteiger charge is -2.45. The highest BCUT2D eigenvalue weighted by Gasteiger charge is 2.66. The molecule has 0 aliphatic carbocycles. The second-order valence-corrected chi connectivity index (χ2v) is 6.10. The number of hydrogen-bond acceptors (Lipinski definition) is 3. The van der Waals surface area contributed by atoms with Crippen LogP contribution in [-0.2, 0) is 0 Å². The summed E-state index contributed by atoms with van der Waals surface area (Å²) in [5.41, 5.74) is -3.83. The van der Waals surface area contributed by atoms with E-state index in [2.05, 4.69) is 5.32 Å². The zero-order chi connectivity index (χ0) is 19.8. The molecule has 0 spiro atoms. The van der Waals surface area contributed by atoms with Crippen molar-refractivity contribution in [3.63, 3.8) is 0 Å². The fourth-order valence-corrected chi connectivity index (χ4v) is 3.07. The molecule has 142 valence electrons. The second kappa shape index (κ2) is 6.66. The highest BCUT2D eigenvalue weighted by atomic mass is 19.4. The first kappa shape index (κ1) is 18.8. The second-order valence-electron chi connectivity index (χ2n) is 6.10. The zero-order valence-corrected chi connectivity index (χ0v) is 13.6. The summed E-state index contributed by atoms with van der Waals surface area (Å²) in [6, 6.07) is 8.53. The van der Waals surface area contributed by atoms with Gasteiger partial charge in [-0.05, 0) is 17.7 Å². The number of benzene rings is 2. The molecule has 0 bridgehead atoms. The van der Waals surface area contributed by atoms with Crippen molar-refractivity contribution in [3.8, 4) is 0 Å². The largest absolute Gasteiger partial charge is 0.437 e. The molecule has 1 fully saturated rings. The summed E-state index contributed by atoms with van der Waals surface area (Å²) in [4.78, 5) is 24.7. The third-order valence-electron chi connectivity index (χ3n) is 4.38. The molecule has 27 heavy (non-hydrogen) atoms. The molecule has 3 atom stereocenters. The molecule has 5 nitrogen and oxygen atoms in total. The predicted octanol–water partition coefficient (Wildman–Crippen LogP) is 2.93. The number of carbonyl (C=O) groups excluding carboxylic acids is 2. The van der Waals surface area contributed by atoms with Crippen LogP contribution in [0.15, 0.2) is 54.6 Å². The van der Waals surface area contributed by atoms with Gasteiger partial charge < -0.3 is 15.7 Å². The van der Waals surface area contributed by atoms with Crippen LogP contribution < -0.4 is 10.6 Å². The van der Waals surface area contributed by atoms with Crippen molar-refractivity contribution in [2.45, 2.75) is 17.9 Å². The highest BCUT2D eigenvalue weighted by molar-refractivity contribution is 6.00. The third-order valence-corrected chi connectivity index (χ3v) is 4.38. The van der Waals surface area contributed by atoms with Gasteiger partial charge in [0.05, 0.1) is 6.04 Å². The van der Waals surface area contributed by atoms with Crippen LogP contribution in [0, 0.1) is 11.7 Å². The normalized spacial score (nSPS) is 25.4. The van der Waals surface area contributed by atoms with E-state index in [4.69, 9.17) is 0 Å². The molecule has 1 aliphatic heterocycles. The minimum absolute atomic E-state index is 0.0446. The topological polar surface area (TPSA) is 78.4 Å². The van der Waals surface area contributed by atoms with Gasteiger partial charge in [0.1, 0.15) is 11.7 Å². The quantitative estimate of drug-likeness (QED) is 0.564. The molecule has 2 amide bonds. The third kappa shape index (κ3) is 3.37. The van der Waals surface area contributed by atoms with E-state index in [0.717, 1.165) is 24.3 Å². The summed E-state index contributed by atoms with van der Waals surface area (Å²) in [7, 11) is 0. The Kier molecular flexibility index (Phi) is 4.64. The Bertz CT molecular complexity index is 855. The first-order valence-electron chi connectivity index (χ1n) is 7.86. The molecule has 0 radical (unpaired) electrons. The summed E-state index contributed by atoms with van der Waals surface area (Å²) < 4.78 is 54.2. The molecule has 1 heterocycles. The van der Waals surface area contributed by atoms with E-state index >= 15 is 0 Å². The lowest BCUT2D eigenvalue weighted by molar-refractivity contribution is -0.287. The van der Waals surface area contributed by atoms with Gasteiger partial charge in [0.25, 0.3) is 0 Å². The Morgan fingerprint density at radius 2 is 1.63 bits per heavy atom. The maximum atomic E-state index is 13.7. The maximum absolute atomic E-state index is 13.7. The first-order valence-corrected chi connectivity index (χ1v) is 7.86. The minimum atomic E-state index is -5.34. The fourth-order valence-electron chi connectivity index (χ4n) is 3.07. The highest BCUT2D eigenvalue weighted by Crippen LogP contribution is 2.43. The number of amides is 2. The molecular weight excluding hydrogens is 368 g/mol. The summed E-state index contributed by atoms with van der Waals surface area (Å²) in [5.74, 6) is -3.81. The van der Waals surface area contributed by atoms with Crippen LogP contribution in [0.5, 0.6) is 0 Å². The molecular formula is C18H14F4N2O3. The number of alkyl halides is 3. The molecule has 0 saturated carbocycles. The monoisotopic (exact) mass is 382 g/mol. The Balaban J connectivity index is 2.15. The molecule has 1 aliphatic rings. The number of rotatable bonds is 3. The van der Waals surface area contributed by atoms with E-state index in [-0.39, 0.29) is 11.1 Å². The number of aliphatic hydroxyl groups is 1. The van der Waals surface area contributed by atoms with Crippen molar-refractivity contribution in [1.82, 2.24) is 10.6 Å². The van der Waals surface area contributed by atoms with Crippen LogP contribution in [0.4, 0.5) is 22.4 Å².